The number of rotatable bonds is 4. The van der Waals surface area contributed by atoms with Gasteiger partial charge in [-0.2, -0.15) is 0 Å². The Morgan fingerprint density at radius 3 is 2.59 bits per heavy atom. The first-order chi connectivity index (χ1) is 13.1. The molecule has 3 aromatic rings. The molecule has 1 aromatic heterocycles. The molecule has 0 unspecified atom stereocenters. The number of benzene rings is 2. The van der Waals surface area contributed by atoms with Crippen molar-refractivity contribution in [3.8, 4) is 5.75 Å². The lowest BCUT2D eigenvalue weighted by Crippen LogP contribution is -2.48. The molecule has 140 valence electrons. The van der Waals surface area contributed by atoms with Crippen molar-refractivity contribution in [1.29, 1.82) is 0 Å². The highest BCUT2D eigenvalue weighted by molar-refractivity contribution is 7.22. The highest BCUT2D eigenvalue weighted by atomic mass is 32.1. The second-order valence-corrected chi connectivity index (χ2v) is 7.35. The molecule has 0 spiro atoms. The van der Waals surface area contributed by atoms with Crippen molar-refractivity contribution in [1.82, 2.24) is 9.88 Å². The summed E-state index contributed by atoms with van der Waals surface area (Å²) in [5.74, 6) is 0.554. The fourth-order valence-corrected chi connectivity index (χ4v) is 4.21. The molecule has 1 aliphatic rings. The minimum absolute atomic E-state index is 0.0315. The van der Waals surface area contributed by atoms with Crippen molar-refractivity contribution in [2.24, 2.45) is 0 Å². The minimum atomic E-state index is -0.247. The van der Waals surface area contributed by atoms with Crippen molar-refractivity contribution in [3.05, 3.63) is 53.8 Å². The Hall–Kier alpha value is -2.67. The monoisotopic (exact) mass is 385 g/mol. The predicted octanol–water partition coefficient (Wildman–Crippen LogP) is 3.80. The quantitative estimate of drug-likeness (QED) is 0.685. The van der Waals surface area contributed by atoms with Crippen LogP contribution in [0, 0.1) is 5.82 Å². The summed E-state index contributed by atoms with van der Waals surface area (Å²) in [6.07, 6.45) is 0. The third-order valence-corrected chi connectivity index (χ3v) is 5.67. The number of piperazine rings is 1. The molecule has 0 radical (unpaired) electrons. The molecule has 0 saturated carbocycles. The average molecular weight is 385 g/mol. The summed E-state index contributed by atoms with van der Waals surface area (Å²) in [5.41, 5.74) is 1.48. The first-order valence-corrected chi connectivity index (χ1v) is 9.79. The number of carbonyl (C=O) groups is 1. The first kappa shape index (κ1) is 17.7. The first-order valence-electron chi connectivity index (χ1n) is 8.97. The average Bonchev–Trinajstić information content (AvgIpc) is 3.11. The van der Waals surface area contributed by atoms with Crippen LogP contribution in [0.3, 0.4) is 0 Å². The number of carbonyl (C=O) groups excluding carboxylic acids is 1. The summed E-state index contributed by atoms with van der Waals surface area (Å²) >= 11 is 1.49. The molecule has 0 aliphatic carbocycles. The smallest absolute Gasteiger partial charge is 0.253 e. The van der Waals surface area contributed by atoms with E-state index in [0.29, 0.717) is 38.3 Å². The fourth-order valence-electron chi connectivity index (χ4n) is 3.17. The van der Waals surface area contributed by atoms with Crippen molar-refractivity contribution >= 4 is 32.6 Å². The molecule has 2 heterocycles. The van der Waals surface area contributed by atoms with Gasteiger partial charge in [-0.1, -0.05) is 11.3 Å². The number of halogens is 1. The summed E-state index contributed by atoms with van der Waals surface area (Å²) in [6, 6.07) is 11.9. The molecule has 0 bridgehead atoms. The lowest BCUT2D eigenvalue weighted by Gasteiger charge is -2.34. The molecule has 5 nitrogen and oxygen atoms in total. The molecule has 4 rings (SSSR count). The van der Waals surface area contributed by atoms with Crippen molar-refractivity contribution < 1.29 is 13.9 Å². The van der Waals surface area contributed by atoms with Crippen molar-refractivity contribution in [3.63, 3.8) is 0 Å². The number of aromatic nitrogens is 1. The van der Waals surface area contributed by atoms with Gasteiger partial charge < -0.3 is 14.5 Å². The fraction of sp³-hybridized carbons (Fsp3) is 0.300. The Bertz CT molecular complexity index is 950. The summed E-state index contributed by atoms with van der Waals surface area (Å²) in [5, 5.41) is 0.878. The van der Waals surface area contributed by atoms with E-state index >= 15 is 0 Å². The van der Waals surface area contributed by atoms with Gasteiger partial charge in [-0.3, -0.25) is 4.79 Å². The predicted molar refractivity (Wildman–Crippen MR) is 105 cm³/mol. The van der Waals surface area contributed by atoms with E-state index in [0.717, 1.165) is 21.1 Å². The maximum absolute atomic E-state index is 13.4. The molecular weight excluding hydrogens is 365 g/mol. The highest BCUT2D eigenvalue weighted by Gasteiger charge is 2.24. The van der Waals surface area contributed by atoms with Gasteiger partial charge in [-0.25, -0.2) is 9.37 Å². The second-order valence-electron chi connectivity index (χ2n) is 6.35. The van der Waals surface area contributed by atoms with E-state index in [2.05, 4.69) is 9.88 Å². The number of amides is 1. The van der Waals surface area contributed by atoms with Crippen LogP contribution >= 0.6 is 11.3 Å². The van der Waals surface area contributed by atoms with Crippen molar-refractivity contribution in [2.45, 2.75) is 6.92 Å². The molecule has 2 aromatic carbocycles. The van der Waals surface area contributed by atoms with E-state index < -0.39 is 0 Å². The molecule has 0 N–H and O–H groups in total. The van der Waals surface area contributed by atoms with Gasteiger partial charge in [0.2, 0.25) is 0 Å². The lowest BCUT2D eigenvalue weighted by molar-refractivity contribution is 0.0746. The number of anilines is 1. The highest BCUT2D eigenvalue weighted by Crippen LogP contribution is 2.30. The van der Waals surface area contributed by atoms with E-state index in [9.17, 15) is 9.18 Å². The Labute approximate surface area is 161 Å². The van der Waals surface area contributed by atoms with Crippen LogP contribution < -0.4 is 9.64 Å². The van der Waals surface area contributed by atoms with Gasteiger partial charge in [0.15, 0.2) is 5.13 Å². The number of hydrogen-bond donors (Lipinski definition) is 0. The van der Waals surface area contributed by atoms with Crippen LogP contribution in [0.5, 0.6) is 5.75 Å². The van der Waals surface area contributed by atoms with Gasteiger partial charge in [0.1, 0.15) is 11.6 Å². The van der Waals surface area contributed by atoms with Gasteiger partial charge in [0.25, 0.3) is 5.91 Å². The molecule has 1 amide bonds. The number of nitrogens with zero attached hydrogens (tertiary/aromatic N) is 3. The van der Waals surface area contributed by atoms with E-state index in [1.807, 2.05) is 36.1 Å². The zero-order valence-electron chi connectivity index (χ0n) is 15.0. The SMILES string of the molecule is CCOc1ccc(C(=O)N2CCN(c3nc4ccc(F)cc4s3)CC2)cc1. The van der Waals surface area contributed by atoms with Crippen LogP contribution in [0.2, 0.25) is 0 Å². The normalized spacial score (nSPS) is 14.6. The number of ether oxygens (including phenoxy) is 1. The molecule has 0 atom stereocenters. The Balaban J connectivity index is 1.41. The van der Waals surface area contributed by atoms with Crippen LogP contribution in [0.25, 0.3) is 10.2 Å². The number of hydrogen-bond acceptors (Lipinski definition) is 5. The maximum atomic E-state index is 13.4. The van der Waals surface area contributed by atoms with Gasteiger partial charge in [-0.15, -0.1) is 0 Å². The second kappa shape index (κ2) is 7.52. The maximum Gasteiger partial charge on any atom is 0.253 e. The minimum Gasteiger partial charge on any atom is -0.494 e. The number of thiazole rings is 1. The molecule has 27 heavy (non-hydrogen) atoms. The zero-order valence-corrected chi connectivity index (χ0v) is 15.8. The Morgan fingerprint density at radius 1 is 1.15 bits per heavy atom. The van der Waals surface area contributed by atoms with E-state index in [1.54, 1.807) is 6.07 Å². The van der Waals surface area contributed by atoms with E-state index in [4.69, 9.17) is 4.74 Å². The Morgan fingerprint density at radius 2 is 1.89 bits per heavy atom. The topological polar surface area (TPSA) is 45.7 Å². The molecule has 1 fully saturated rings. The van der Waals surface area contributed by atoms with Crippen molar-refractivity contribution in [2.75, 3.05) is 37.7 Å². The molecular formula is C20H20FN3O2S. The summed E-state index contributed by atoms with van der Waals surface area (Å²) in [7, 11) is 0. The van der Waals surface area contributed by atoms with Crippen LogP contribution in [0.15, 0.2) is 42.5 Å². The van der Waals surface area contributed by atoms with Gasteiger partial charge in [-0.05, 0) is 49.4 Å². The van der Waals surface area contributed by atoms with E-state index in [-0.39, 0.29) is 11.7 Å². The van der Waals surface area contributed by atoms with E-state index in [1.165, 1.54) is 23.5 Å². The third kappa shape index (κ3) is 3.73. The van der Waals surface area contributed by atoms with Gasteiger partial charge in [0.05, 0.1) is 16.8 Å². The van der Waals surface area contributed by atoms with Crippen LogP contribution in [-0.2, 0) is 0 Å². The lowest BCUT2D eigenvalue weighted by atomic mass is 10.1. The summed E-state index contributed by atoms with van der Waals surface area (Å²) in [6.45, 7) is 5.23. The van der Waals surface area contributed by atoms with Crippen LogP contribution in [-0.4, -0.2) is 48.6 Å². The summed E-state index contributed by atoms with van der Waals surface area (Å²) < 4.78 is 19.6. The standard InChI is InChI=1S/C20H20FN3O2S/c1-2-26-16-6-3-14(4-7-16)19(25)23-9-11-24(12-10-23)20-22-17-8-5-15(21)13-18(17)27-20/h3-8,13H,2,9-12H2,1H3. The van der Waals surface area contributed by atoms with Gasteiger partial charge >= 0.3 is 0 Å². The summed E-state index contributed by atoms with van der Waals surface area (Å²) in [4.78, 5) is 21.3. The molecule has 1 saturated heterocycles. The number of fused-ring (bicyclic) bond motifs is 1. The molecule has 1 aliphatic heterocycles. The van der Waals surface area contributed by atoms with Crippen LogP contribution in [0.1, 0.15) is 17.3 Å². The molecule has 7 heteroatoms. The largest absolute Gasteiger partial charge is 0.494 e. The zero-order chi connectivity index (χ0) is 18.8. The Kier molecular flexibility index (Phi) is 4.94. The van der Waals surface area contributed by atoms with Crippen LogP contribution in [0.4, 0.5) is 9.52 Å². The van der Waals surface area contributed by atoms with Gasteiger partial charge in [0, 0.05) is 31.7 Å². The third-order valence-electron chi connectivity index (χ3n) is 4.59.